The highest BCUT2D eigenvalue weighted by molar-refractivity contribution is 5.69. The van der Waals surface area contributed by atoms with Crippen molar-refractivity contribution in [1.82, 2.24) is 4.90 Å². The molecule has 1 amide bonds. The van der Waals surface area contributed by atoms with Crippen molar-refractivity contribution < 1.29 is 9.53 Å². The lowest BCUT2D eigenvalue weighted by molar-refractivity contribution is 0.105. The van der Waals surface area contributed by atoms with E-state index < -0.39 is 0 Å². The van der Waals surface area contributed by atoms with Gasteiger partial charge in [0.1, 0.15) is 6.07 Å². The standard InChI is InChI=1S/C21H24N4O2/c1-2-27-21(26)25-12-10-24(11-13-25)20-9-8-19(14-18(20)15-22)23-16-17-6-4-3-5-7-17/h3-9,14,23H,2,10-13,16H2,1H3. The minimum atomic E-state index is -0.266. The number of ether oxygens (including phenoxy) is 1. The second-order valence-corrected chi connectivity index (χ2v) is 6.36. The predicted octanol–water partition coefficient (Wildman–Crippen LogP) is 3.45. The van der Waals surface area contributed by atoms with Crippen LogP contribution in [0.3, 0.4) is 0 Å². The number of amides is 1. The average molecular weight is 364 g/mol. The molecule has 6 nitrogen and oxygen atoms in total. The molecule has 1 heterocycles. The van der Waals surface area contributed by atoms with Crippen LogP contribution in [0.1, 0.15) is 18.1 Å². The van der Waals surface area contributed by atoms with E-state index in [9.17, 15) is 10.1 Å². The fraction of sp³-hybridized carbons (Fsp3) is 0.333. The highest BCUT2D eigenvalue weighted by atomic mass is 16.6. The number of nitrogens with zero attached hydrogens (tertiary/aromatic N) is 3. The first-order chi connectivity index (χ1) is 13.2. The minimum absolute atomic E-state index is 0.266. The third-order valence-electron chi connectivity index (χ3n) is 4.60. The van der Waals surface area contributed by atoms with Crippen LogP contribution in [-0.2, 0) is 11.3 Å². The van der Waals surface area contributed by atoms with Gasteiger partial charge in [-0.3, -0.25) is 0 Å². The molecule has 1 N–H and O–H groups in total. The van der Waals surface area contributed by atoms with Crippen molar-refractivity contribution in [2.75, 3.05) is 43.0 Å². The van der Waals surface area contributed by atoms with Crippen LogP contribution in [0.15, 0.2) is 48.5 Å². The highest BCUT2D eigenvalue weighted by Crippen LogP contribution is 2.25. The molecule has 0 aliphatic carbocycles. The predicted molar refractivity (Wildman–Crippen MR) is 106 cm³/mol. The molecule has 0 atom stereocenters. The molecule has 3 rings (SSSR count). The Kier molecular flexibility index (Phi) is 6.16. The minimum Gasteiger partial charge on any atom is -0.450 e. The van der Waals surface area contributed by atoms with Gasteiger partial charge in [0.25, 0.3) is 0 Å². The van der Waals surface area contributed by atoms with E-state index in [1.54, 1.807) is 11.8 Å². The summed E-state index contributed by atoms with van der Waals surface area (Å²) in [6, 6.07) is 18.3. The van der Waals surface area contributed by atoms with E-state index in [1.165, 1.54) is 5.56 Å². The molecule has 0 spiro atoms. The Morgan fingerprint density at radius 2 is 1.89 bits per heavy atom. The molecule has 2 aromatic carbocycles. The molecule has 0 unspecified atom stereocenters. The zero-order valence-corrected chi connectivity index (χ0v) is 15.5. The largest absolute Gasteiger partial charge is 0.450 e. The number of hydrogen-bond acceptors (Lipinski definition) is 5. The van der Waals surface area contributed by atoms with Crippen LogP contribution in [0.5, 0.6) is 0 Å². The summed E-state index contributed by atoms with van der Waals surface area (Å²) in [5.74, 6) is 0. The summed E-state index contributed by atoms with van der Waals surface area (Å²) in [7, 11) is 0. The first kappa shape index (κ1) is 18.6. The van der Waals surface area contributed by atoms with Crippen molar-refractivity contribution in [3.05, 3.63) is 59.7 Å². The third-order valence-corrected chi connectivity index (χ3v) is 4.60. The first-order valence-electron chi connectivity index (χ1n) is 9.20. The summed E-state index contributed by atoms with van der Waals surface area (Å²) >= 11 is 0. The van der Waals surface area contributed by atoms with Crippen LogP contribution in [0, 0.1) is 11.3 Å². The van der Waals surface area contributed by atoms with E-state index in [4.69, 9.17) is 4.74 Å². The van der Waals surface area contributed by atoms with E-state index in [1.807, 2.05) is 36.4 Å². The van der Waals surface area contributed by atoms with Crippen LogP contribution >= 0.6 is 0 Å². The summed E-state index contributed by atoms with van der Waals surface area (Å²) < 4.78 is 5.05. The van der Waals surface area contributed by atoms with Crippen LogP contribution in [0.4, 0.5) is 16.2 Å². The highest BCUT2D eigenvalue weighted by Gasteiger charge is 2.23. The van der Waals surface area contributed by atoms with Crippen LogP contribution in [0.2, 0.25) is 0 Å². The van der Waals surface area contributed by atoms with Gasteiger partial charge in [0.15, 0.2) is 0 Å². The van der Waals surface area contributed by atoms with E-state index >= 15 is 0 Å². The number of piperazine rings is 1. The smallest absolute Gasteiger partial charge is 0.409 e. The Balaban J connectivity index is 1.63. The Hall–Kier alpha value is -3.20. The van der Waals surface area contributed by atoms with Crippen molar-refractivity contribution >= 4 is 17.5 Å². The summed E-state index contributed by atoms with van der Waals surface area (Å²) in [4.78, 5) is 15.7. The Morgan fingerprint density at radius 1 is 1.15 bits per heavy atom. The number of anilines is 2. The molecule has 1 aliphatic rings. The summed E-state index contributed by atoms with van der Waals surface area (Å²) in [6.45, 7) is 5.46. The van der Waals surface area contributed by atoms with Crippen molar-refractivity contribution in [3.8, 4) is 6.07 Å². The van der Waals surface area contributed by atoms with Gasteiger partial charge >= 0.3 is 6.09 Å². The van der Waals surface area contributed by atoms with Crippen LogP contribution in [-0.4, -0.2) is 43.8 Å². The second-order valence-electron chi connectivity index (χ2n) is 6.36. The topological polar surface area (TPSA) is 68.6 Å². The van der Waals surface area contributed by atoms with Gasteiger partial charge < -0.3 is 19.9 Å². The third kappa shape index (κ3) is 4.70. The lowest BCUT2D eigenvalue weighted by Crippen LogP contribution is -2.49. The number of rotatable bonds is 5. The maximum atomic E-state index is 11.8. The number of benzene rings is 2. The lowest BCUT2D eigenvalue weighted by atomic mass is 10.1. The Morgan fingerprint density at radius 3 is 2.56 bits per heavy atom. The van der Waals surface area contributed by atoms with Gasteiger partial charge in [0.2, 0.25) is 0 Å². The monoisotopic (exact) mass is 364 g/mol. The first-order valence-corrected chi connectivity index (χ1v) is 9.20. The van der Waals surface area contributed by atoms with Crippen molar-refractivity contribution in [3.63, 3.8) is 0 Å². The molecule has 0 bridgehead atoms. The molecule has 0 radical (unpaired) electrons. The van der Waals surface area contributed by atoms with Gasteiger partial charge in [-0.1, -0.05) is 30.3 Å². The molecule has 2 aromatic rings. The van der Waals surface area contributed by atoms with E-state index in [-0.39, 0.29) is 6.09 Å². The molecule has 1 fully saturated rings. The maximum absolute atomic E-state index is 11.8. The number of hydrogen-bond donors (Lipinski definition) is 1. The van der Waals surface area contributed by atoms with E-state index in [0.717, 1.165) is 11.4 Å². The van der Waals surface area contributed by atoms with Gasteiger partial charge in [-0.05, 0) is 30.7 Å². The van der Waals surface area contributed by atoms with Crippen molar-refractivity contribution in [1.29, 1.82) is 5.26 Å². The molecule has 1 aliphatic heterocycles. The Labute approximate surface area is 160 Å². The molecule has 140 valence electrons. The number of nitrogens with one attached hydrogen (secondary N) is 1. The number of nitriles is 1. The van der Waals surface area contributed by atoms with E-state index in [0.29, 0.717) is 44.9 Å². The number of carbonyl (C=O) groups excluding carboxylic acids is 1. The Bertz CT molecular complexity index is 809. The maximum Gasteiger partial charge on any atom is 0.409 e. The molecule has 6 heteroatoms. The van der Waals surface area contributed by atoms with Gasteiger partial charge in [-0.25, -0.2) is 4.79 Å². The molecule has 27 heavy (non-hydrogen) atoms. The fourth-order valence-electron chi connectivity index (χ4n) is 3.16. The van der Waals surface area contributed by atoms with Crippen LogP contribution < -0.4 is 10.2 Å². The molecule has 0 aromatic heterocycles. The van der Waals surface area contributed by atoms with Crippen molar-refractivity contribution in [2.45, 2.75) is 13.5 Å². The molecular weight excluding hydrogens is 340 g/mol. The zero-order valence-electron chi connectivity index (χ0n) is 15.5. The number of carbonyl (C=O) groups is 1. The quantitative estimate of drug-likeness (QED) is 0.880. The summed E-state index contributed by atoms with van der Waals surface area (Å²) in [5, 5.41) is 12.9. The summed E-state index contributed by atoms with van der Waals surface area (Å²) in [5.41, 5.74) is 3.66. The molecular formula is C21H24N4O2. The molecule has 1 saturated heterocycles. The SMILES string of the molecule is CCOC(=O)N1CCN(c2ccc(NCc3ccccc3)cc2C#N)CC1. The normalized spacial score (nSPS) is 13.8. The molecule has 0 saturated carbocycles. The van der Waals surface area contributed by atoms with Gasteiger partial charge in [0.05, 0.1) is 17.9 Å². The van der Waals surface area contributed by atoms with Crippen LogP contribution in [0.25, 0.3) is 0 Å². The summed E-state index contributed by atoms with van der Waals surface area (Å²) in [6.07, 6.45) is -0.266. The van der Waals surface area contributed by atoms with Crippen molar-refractivity contribution in [2.24, 2.45) is 0 Å². The average Bonchev–Trinajstić information content (AvgIpc) is 2.73. The second kappa shape index (κ2) is 8.95. The van der Waals surface area contributed by atoms with Gasteiger partial charge in [0, 0.05) is 38.4 Å². The van der Waals surface area contributed by atoms with E-state index in [2.05, 4.69) is 28.4 Å². The van der Waals surface area contributed by atoms with Gasteiger partial charge in [-0.15, -0.1) is 0 Å². The fourth-order valence-corrected chi connectivity index (χ4v) is 3.16. The lowest BCUT2D eigenvalue weighted by Gasteiger charge is -2.35. The van der Waals surface area contributed by atoms with Gasteiger partial charge in [-0.2, -0.15) is 5.26 Å². The zero-order chi connectivity index (χ0) is 19.1.